The van der Waals surface area contributed by atoms with E-state index in [-0.39, 0.29) is 17.5 Å². The standard InChI is InChI=1S/C13H14N4O2S/c1-17-7-9(6-15-17)13(18)16-10-4-2-3-5-11(10)19-8-12(14)20/h2-7H,8H2,1H3,(H2,14,20)(H,16,18). The van der Waals surface area contributed by atoms with Gasteiger partial charge < -0.3 is 15.8 Å². The largest absolute Gasteiger partial charge is 0.484 e. The van der Waals surface area contributed by atoms with E-state index in [2.05, 4.69) is 10.4 Å². The third-order valence-electron chi connectivity index (χ3n) is 2.47. The Hall–Kier alpha value is -2.41. The lowest BCUT2D eigenvalue weighted by molar-refractivity contribution is 0.102. The summed E-state index contributed by atoms with van der Waals surface area (Å²) < 4.78 is 7.00. The molecule has 0 aliphatic heterocycles. The molecule has 2 aromatic rings. The minimum atomic E-state index is -0.260. The number of carbonyl (C=O) groups excluding carboxylic acids is 1. The second kappa shape index (κ2) is 6.16. The van der Waals surface area contributed by atoms with Gasteiger partial charge >= 0.3 is 0 Å². The molecule has 0 radical (unpaired) electrons. The summed E-state index contributed by atoms with van der Waals surface area (Å²) in [6.45, 7) is 0.120. The molecular formula is C13H14N4O2S. The fourth-order valence-corrected chi connectivity index (χ4v) is 1.64. The number of anilines is 1. The van der Waals surface area contributed by atoms with Crippen LogP contribution in [0.4, 0.5) is 5.69 Å². The van der Waals surface area contributed by atoms with Gasteiger partial charge in [-0.05, 0) is 12.1 Å². The molecule has 0 aliphatic rings. The minimum absolute atomic E-state index is 0.120. The van der Waals surface area contributed by atoms with Gasteiger partial charge in [0.05, 0.1) is 17.4 Å². The molecule has 0 unspecified atom stereocenters. The Morgan fingerprint density at radius 3 is 2.90 bits per heavy atom. The van der Waals surface area contributed by atoms with Gasteiger partial charge in [0, 0.05) is 13.2 Å². The summed E-state index contributed by atoms with van der Waals surface area (Å²) in [5, 5.41) is 6.71. The molecule has 2 rings (SSSR count). The average Bonchev–Trinajstić information content (AvgIpc) is 2.84. The molecule has 1 amide bonds. The van der Waals surface area contributed by atoms with E-state index in [4.69, 9.17) is 22.7 Å². The fraction of sp³-hybridized carbons (Fsp3) is 0.154. The SMILES string of the molecule is Cn1cc(C(=O)Nc2ccccc2OCC(N)=S)cn1. The maximum Gasteiger partial charge on any atom is 0.258 e. The first kappa shape index (κ1) is 14.0. The molecule has 0 aliphatic carbocycles. The molecule has 3 N–H and O–H groups in total. The molecule has 0 bridgehead atoms. The number of thiocarbonyl (C=S) groups is 1. The molecule has 0 spiro atoms. The molecule has 1 heterocycles. The summed E-state index contributed by atoms with van der Waals surface area (Å²) in [7, 11) is 1.75. The maximum absolute atomic E-state index is 12.0. The predicted octanol–water partition coefficient (Wildman–Crippen LogP) is 1.34. The van der Waals surface area contributed by atoms with Crippen molar-refractivity contribution in [3.8, 4) is 5.75 Å². The lowest BCUT2D eigenvalue weighted by Gasteiger charge is -2.11. The first-order valence-electron chi connectivity index (χ1n) is 5.86. The second-order valence-corrected chi connectivity index (χ2v) is 4.63. The van der Waals surface area contributed by atoms with Crippen molar-refractivity contribution in [3.05, 3.63) is 42.2 Å². The number of amides is 1. The Balaban J connectivity index is 2.12. The van der Waals surface area contributed by atoms with Crippen molar-refractivity contribution >= 4 is 28.8 Å². The number of hydrogen-bond donors (Lipinski definition) is 2. The average molecular weight is 290 g/mol. The lowest BCUT2D eigenvalue weighted by atomic mass is 10.2. The Morgan fingerprint density at radius 1 is 1.50 bits per heavy atom. The number of ether oxygens (including phenoxy) is 1. The Morgan fingerprint density at radius 2 is 2.25 bits per heavy atom. The van der Waals surface area contributed by atoms with Gasteiger partial charge in [-0.15, -0.1) is 0 Å². The highest BCUT2D eigenvalue weighted by atomic mass is 32.1. The molecule has 0 saturated carbocycles. The molecule has 0 atom stereocenters. The number of nitrogens with two attached hydrogens (primary N) is 1. The van der Waals surface area contributed by atoms with Crippen molar-refractivity contribution in [1.82, 2.24) is 9.78 Å². The molecule has 1 aromatic carbocycles. The van der Waals surface area contributed by atoms with Gasteiger partial charge in [0.25, 0.3) is 5.91 Å². The zero-order valence-corrected chi connectivity index (χ0v) is 11.7. The predicted molar refractivity (Wildman–Crippen MR) is 79.9 cm³/mol. The number of benzene rings is 1. The monoisotopic (exact) mass is 290 g/mol. The van der Waals surface area contributed by atoms with Crippen molar-refractivity contribution in [3.63, 3.8) is 0 Å². The van der Waals surface area contributed by atoms with Gasteiger partial charge in [0.15, 0.2) is 0 Å². The van der Waals surface area contributed by atoms with Gasteiger partial charge in [-0.3, -0.25) is 9.48 Å². The van der Waals surface area contributed by atoms with E-state index in [0.717, 1.165) is 0 Å². The van der Waals surface area contributed by atoms with Crippen molar-refractivity contribution in [2.45, 2.75) is 0 Å². The lowest BCUT2D eigenvalue weighted by Crippen LogP contribution is -2.19. The number of carbonyl (C=O) groups is 1. The highest BCUT2D eigenvalue weighted by Crippen LogP contribution is 2.24. The summed E-state index contributed by atoms with van der Waals surface area (Å²) in [6, 6.07) is 7.07. The van der Waals surface area contributed by atoms with Crippen LogP contribution < -0.4 is 15.8 Å². The quantitative estimate of drug-likeness (QED) is 0.812. The zero-order valence-electron chi connectivity index (χ0n) is 10.9. The first-order valence-corrected chi connectivity index (χ1v) is 6.27. The van der Waals surface area contributed by atoms with Gasteiger partial charge in [-0.2, -0.15) is 5.10 Å². The Labute approximate surface area is 121 Å². The number of para-hydroxylation sites is 2. The highest BCUT2D eigenvalue weighted by Gasteiger charge is 2.11. The van der Waals surface area contributed by atoms with Crippen LogP contribution in [0.3, 0.4) is 0 Å². The summed E-state index contributed by atoms with van der Waals surface area (Å²) >= 11 is 4.76. The van der Waals surface area contributed by atoms with E-state index in [0.29, 0.717) is 17.0 Å². The van der Waals surface area contributed by atoms with Crippen LogP contribution in [0.15, 0.2) is 36.7 Å². The Bertz CT molecular complexity index is 639. The van der Waals surface area contributed by atoms with Crippen LogP contribution in [0, 0.1) is 0 Å². The van der Waals surface area contributed by atoms with Crippen LogP contribution in [-0.4, -0.2) is 27.3 Å². The molecular weight excluding hydrogens is 276 g/mol. The second-order valence-electron chi connectivity index (χ2n) is 4.11. The van der Waals surface area contributed by atoms with E-state index < -0.39 is 0 Å². The first-order chi connectivity index (χ1) is 9.56. The molecule has 0 fully saturated rings. The van der Waals surface area contributed by atoms with Crippen LogP contribution in [0.5, 0.6) is 5.75 Å². The number of nitrogens with one attached hydrogen (secondary N) is 1. The topological polar surface area (TPSA) is 82.2 Å². The summed E-state index contributed by atoms with van der Waals surface area (Å²) in [6.07, 6.45) is 3.13. The van der Waals surface area contributed by atoms with E-state index in [1.165, 1.54) is 6.20 Å². The number of nitrogens with zero attached hydrogens (tertiary/aromatic N) is 2. The number of hydrogen-bond acceptors (Lipinski definition) is 4. The van der Waals surface area contributed by atoms with Crippen molar-refractivity contribution in [2.24, 2.45) is 12.8 Å². The Kier molecular flexibility index (Phi) is 4.31. The maximum atomic E-state index is 12.0. The zero-order chi connectivity index (χ0) is 14.5. The van der Waals surface area contributed by atoms with Gasteiger partial charge in [-0.25, -0.2) is 0 Å². The van der Waals surface area contributed by atoms with E-state index >= 15 is 0 Å². The van der Waals surface area contributed by atoms with Crippen LogP contribution >= 0.6 is 12.2 Å². The van der Waals surface area contributed by atoms with Crippen LogP contribution in [0.1, 0.15) is 10.4 Å². The third-order valence-corrected chi connectivity index (χ3v) is 2.59. The minimum Gasteiger partial charge on any atom is -0.484 e. The number of rotatable bonds is 5. The van der Waals surface area contributed by atoms with E-state index in [1.807, 2.05) is 0 Å². The van der Waals surface area contributed by atoms with Crippen molar-refractivity contribution < 1.29 is 9.53 Å². The summed E-state index contributed by atoms with van der Waals surface area (Å²) in [4.78, 5) is 12.3. The molecule has 6 nitrogen and oxygen atoms in total. The number of aryl methyl sites for hydroxylation is 1. The van der Waals surface area contributed by atoms with Crippen LogP contribution in [-0.2, 0) is 7.05 Å². The van der Waals surface area contributed by atoms with Crippen molar-refractivity contribution in [1.29, 1.82) is 0 Å². The van der Waals surface area contributed by atoms with Crippen LogP contribution in [0.25, 0.3) is 0 Å². The van der Waals surface area contributed by atoms with Crippen molar-refractivity contribution in [2.75, 3.05) is 11.9 Å². The molecule has 7 heteroatoms. The highest BCUT2D eigenvalue weighted by molar-refractivity contribution is 7.80. The molecule has 1 aromatic heterocycles. The summed E-state index contributed by atoms with van der Waals surface area (Å²) in [5.41, 5.74) is 6.42. The number of aromatic nitrogens is 2. The normalized spacial score (nSPS) is 10.1. The third kappa shape index (κ3) is 3.55. The van der Waals surface area contributed by atoms with Gasteiger partial charge in [-0.1, -0.05) is 24.4 Å². The van der Waals surface area contributed by atoms with Gasteiger partial charge in [0.1, 0.15) is 17.3 Å². The molecule has 104 valence electrons. The van der Waals surface area contributed by atoms with Crippen LogP contribution in [0.2, 0.25) is 0 Å². The van der Waals surface area contributed by atoms with Gasteiger partial charge in [0.2, 0.25) is 0 Å². The molecule has 0 saturated heterocycles. The summed E-state index contributed by atoms with van der Waals surface area (Å²) in [5.74, 6) is 0.252. The fourth-order valence-electron chi connectivity index (χ4n) is 1.58. The van der Waals surface area contributed by atoms with E-state index in [9.17, 15) is 4.79 Å². The molecule has 20 heavy (non-hydrogen) atoms. The smallest absolute Gasteiger partial charge is 0.258 e. The van der Waals surface area contributed by atoms with E-state index in [1.54, 1.807) is 42.2 Å².